The molecule has 1 aromatic rings. The highest BCUT2D eigenvalue weighted by molar-refractivity contribution is 5.99. The van der Waals surface area contributed by atoms with E-state index >= 15 is 0 Å². The van der Waals surface area contributed by atoms with Gasteiger partial charge in [0, 0.05) is 11.7 Å². The van der Waals surface area contributed by atoms with E-state index in [9.17, 15) is 9.18 Å². The van der Waals surface area contributed by atoms with Crippen LogP contribution in [0.2, 0.25) is 0 Å². The van der Waals surface area contributed by atoms with Gasteiger partial charge < -0.3 is 11.1 Å². The number of hydrogen-bond acceptors (Lipinski definition) is 2. The van der Waals surface area contributed by atoms with Gasteiger partial charge in [-0.1, -0.05) is 6.42 Å². The van der Waals surface area contributed by atoms with Crippen molar-refractivity contribution >= 4 is 11.6 Å². The minimum atomic E-state index is -0.413. The molecule has 0 heterocycles. The molecule has 3 unspecified atom stereocenters. The number of carbonyl (C=O) groups excluding carboxylic acids is 1. The molecule has 4 heteroatoms. The normalized spacial score (nSPS) is 29.5. The summed E-state index contributed by atoms with van der Waals surface area (Å²) in [5, 5.41) is 3.05. The molecular weight excluding hydrogens is 231 g/mol. The Bertz CT molecular complexity index is 489. The van der Waals surface area contributed by atoms with E-state index in [1.165, 1.54) is 37.5 Å². The lowest BCUT2D eigenvalue weighted by atomic mass is 9.95. The first-order chi connectivity index (χ1) is 8.63. The van der Waals surface area contributed by atoms with E-state index < -0.39 is 5.82 Å². The molecule has 2 bridgehead atoms. The first-order valence-electron chi connectivity index (χ1n) is 6.49. The van der Waals surface area contributed by atoms with Crippen LogP contribution in [0.5, 0.6) is 0 Å². The zero-order valence-corrected chi connectivity index (χ0v) is 10.2. The third-order valence-electron chi connectivity index (χ3n) is 4.31. The van der Waals surface area contributed by atoms with Crippen LogP contribution < -0.4 is 11.1 Å². The van der Waals surface area contributed by atoms with E-state index in [2.05, 4.69) is 5.32 Å². The third-order valence-corrected chi connectivity index (χ3v) is 4.31. The standard InChI is InChI=1S/C14H17FN2O/c15-10-3-4-11(12(16)7-10)14(18)17-13-6-8-1-2-9(13)5-8/h3-4,7-9,13H,1-2,5-6,16H2,(H,17,18). The number of nitrogens with one attached hydrogen (secondary N) is 1. The van der Waals surface area contributed by atoms with Crippen molar-refractivity contribution in [3.63, 3.8) is 0 Å². The van der Waals surface area contributed by atoms with Crippen molar-refractivity contribution in [3.05, 3.63) is 29.6 Å². The second-order valence-corrected chi connectivity index (χ2v) is 5.49. The number of rotatable bonds is 2. The summed E-state index contributed by atoms with van der Waals surface area (Å²) in [6.45, 7) is 0. The molecule has 2 aliphatic carbocycles. The van der Waals surface area contributed by atoms with Gasteiger partial charge in [0.2, 0.25) is 0 Å². The second kappa shape index (κ2) is 4.26. The van der Waals surface area contributed by atoms with E-state index in [-0.39, 0.29) is 17.6 Å². The Labute approximate surface area is 106 Å². The second-order valence-electron chi connectivity index (χ2n) is 5.49. The van der Waals surface area contributed by atoms with Gasteiger partial charge in [0.15, 0.2) is 0 Å². The van der Waals surface area contributed by atoms with Gasteiger partial charge in [0.25, 0.3) is 5.91 Å². The van der Waals surface area contributed by atoms with Crippen LogP contribution in [0.1, 0.15) is 36.0 Å². The van der Waals surface area contributed by atoms with Crippen molar-refractivity contribution in [2.24, 2.45) is 11.8 Å². The molecule has 1 aromatic carbocycles. The van der Waals surface area contributed by atoms with Crippen molar-refractivity contribution < 1.29 is 9.18 Å². The lowest BCUT2D eigenvalue weighted by molar-refractivity contribution is 0.0924. The van der Waals surface area contributed by atoms with Crippen LogP contribution in [0.15, 0.2) is 18.2 Å². The Kier molecular flexibility index (Phi) is 2.73. The van der Waals surface area contributed by atoms with Gasteiger partial charge in [0.05, 0.1) is 5.56 Å². The van der Waals surface area contributed by atoms with E-state index in [4.69, 9.17) is 5.73 Å². The largest absolute Gasteiger partial charge is 0.398 e. The highest BCUT2D eigenvalue weighted by Crippen LogP contribution is 2.44. The minimum Gasteiger partial charge on any atom is -0.398 e. The summed E-state index contributed by atoms with van der Waals surface area (Å²) in [5.41, 5.74) is 6.25. The van der Waals surface area contributed by atoms with Crippen LogP contribution in [-0.2, 0) is 0 Å². The van der Waals surface area contributed by atoms with E-state index in [0.29, 0.717) is 11.5 Å². The van der Waals surface area contributed by atoms with Gasteiger partial charge in [-0.3, -0.25) is 4.79 Å². The van der Waals surface area contributed by atoms with E-state index in [1.807, 2.05) is 0 Å². The molecular formula is C14H17FN2O. The Morgan fingerprint density at radius 3 is 2.78 bits per heavy atom. The highest BCUT2D eigenvalue weighted by Gasteiger charge is 2.40. The fourth-order valence-corrected chi connectivity index (χ4v) is 3.41. The fourth-order valence-electron chi connectivity index (χ4n) is 3.41. The molecule has 96 valence electrons. The topological polar surface area (TPSA) is 55.1 Å². The predicted octanol–water partition coefficient (Wildman–Crippen LogP) is 2.33. The molecule has 0 aromatic heterocycles. The molecule has 0 radical (unpaired) electrons. The first-order valence-corrected chi connectivity index (χ1v) is 6.49. The van der Waals surface area contributed by atoms with Crippen LogP contribution in [0.4, 0.5) is 10.1 Å². The molecule has 2 fully saturated rings. The Hall–Kier alpha value is -1.58. The van der Waals surface area contributed by atoms with Crippen molar-refractivity contribution in [1.82, 2.24) is 5.32 Å². The average molecular weight is 248 g/mol. The summed E-state index contributed by atoms with van der Waals surface area (Å²) in [6.07, 6.45) is 4.84. The number of anilines is 1. The fraction of sp³-hybridized carbons (Fsp3) is 0.500. The molecule has 2 saturated carbocycles. The smallest absolute Gasteiger partial charge is 0.253 e. The maximum absolute atomic E-state index is 12.9. The van der Waals surface area contributed by atoms with Crippen LogP contribution in [-0.4, -0.2) is 11.9 Å². The van der Waals surface area contributed by atoms with E-state index in [1.54, 1.807) is 0 Å². The zero-order chi connectivity index (χ0) is 12.7. The maximum Gasteiger partial charge on any atom is 0.253 e. The number of nitrogens with two attached hydrogens (primary N) is 1. The summed E-state index contributed by atoms with van der Waals surface area (Å²) in [5.74, 6) is 0.820. The van der Waals surface area contributed by atoms with Gasteiger partial charge >= 0.3 is 0 Å². The average Bonchev–Trinajstić information content (AvgIpc) is 2.90. The SMILES string of the molecule is Nc1cc(F)ccc1C(=O)NC1CC2CCC1C2. The summed E-state index contributed by atoms with van der Waals surface area (Å²) < 4.78 is 12.9. The molecule has 1 amide bonds. The molecule has 0 spiro atoms. The number of halogens is 1. The summed E-state index contributed by atoms with van der Waals surface area (Å²) >= 11 is 0. The third kappa shape index (κ3) is 1.96. The summed E-state index contributed by atoms with van der Waals surface area (Å²) in [7, 11) is 0. The van der Waals surface area contributed by atoms with Crippen molar-refractivity contribution in [2.45, 2.75) is 31.7 Å². The van der Waals surface area contributed by atoms with Gasteiger partial charge in [-0.15, -0.1) is 0 Å². The monoisotopic (exact) mass is 248 g/mol. The van der Waals surface area contributed by atoms with Gasteiger partial charge in [0.1, 0.15) is 5.82 Å². The highest BCUT2D eigenvalue weighted by atomic mass is 19.1. The molecule has 0 aliphatic heterocycles. The number of amides is 1. The Morgan fingerprint density at radius 2 is 2.17 bits per heavy atom. The van der Waals surface area contributed by atoms with Crippen molar-refractivity contribution in [3.8, 4) is 0 Å². The van der Waals surface area contributed by atoms with Gasteiger partial charge in [-0.2, -0.15) is 0 Å². The zero-order valence-electron chi connectivity index (χ0n) is 10.2. The van der Waals surface area contributed by atoms with Crippen LogP contribution in [0.3, 0.4) is 0 Å². The molecule has 18 heavy (non-hydrogen) atoms. The van der Waals surface area contributed by atoms with Gasteiger partial charge in [-0.25, -0.2) is 4.39 Å². The van der Waals surface area contributed by atoms with Crippen LogP contribution in [0, 0.1) is 17.7 Å². The Balaban J connectivity index is 1.71. The number of hydrogen-bond donors (Lipinski definition) is 2. The molecule has 0 saturated heterocycles. The quantitative estimate of drug-likeness (QED) is 0.789. The van der Waals surface area contributed by atoms with Gasteiger partial charge in [-0.05, 0) is 49.3 Å². The molecule has 2 aliphatic rings. The number of carbonyl (C=O) groups is 1. The molecule has 3 rings (SSSR count). The molecule has 3 nitrogen and oxygen atoms in total. The first kappa shape index (κ1) is 11.5. The number of fused-ring (bicyclic) bond motifs is 2. The van der Waals surface area contributed by atoms with Crippen molar-refractivity contribution in [2.75, 3.05) is 5.73 Å². The lowest BCUT2D eigenvalue weighted by Gasteiger charge is -2.23. The summed E-state index contributed by atoms with van der Waals surface area (Å²) in [6, 6.07) is 4.19. The molecule has 3 atom stereocenters. The summed E-state index contributed by atoms with van der Waals surface area (Å²) in [4.78, 5) is 12.1. The maximum atomic E-state index is 12.9. The minimum absolute atomic E-state index is 0.176. The van der Waals surface area contributed by atoms with Crippen molar-refractivity contribution in [1.29, 1.82) is 0 Å². The molecule has 3 N–H and O–H groups in total. The Morgan fingerprint density at radius 1 is 1.33 bits per heavy atom. The lowest BCUT2D eigenvalue weighted by Crippen LogP contribution is -2.38. The van der Waals surface area contributed by atoms with E-state index in [0.717, 1.165) is 12.3 Å². The number of benzene rings is 1. The van der Waals surface area contributed by atoms with Crippen LogP contribution >= 0.6 is 0 Å². The predicted molar refractivity (Wildman–Crippen MR) is 67.5 cm³/mol. The number of nitrogen functional groups attached to an aromatic ring is 1. The van der Waals surface area contributed by atoms with Crippen LogP contribution in [0.25, 0.3) is 0 Å².